The molecule has 5 heavy (non-hydrogen) atoms. The molecule has 0 aliphatic rings. The average molecular weight is 122 g/mol. The van der Waals surface area contributed by atoms with E-state index in [0.717, 1.165) is 0 Å². The molecular weight excluding hydrogens is 110 g/mol. The lowest BCUT2D eigenvalue weighted by Crippen LogP contribution is -0.481. The molecule has 2 nitrogen and oxygen atoms in total. The van der Waals surface area contributed by atoms with Crippen LogP contribution in [0.2, 0.25) is 0 Å². The van der Waals surface area contributed by atoms with Gasteiger partial charge in [0, 0.05) is 0 Å². The summed E-state index contributed by atoms with van der Waals surface area (Å²) in [5.74, 6) is 0. The van der Waals surface area contributed by atoms with Crippen LogP contribution in [0.3, 0.4) is 0 Å². The van der Waals surface area contributed by atoms with Crippen LogP contribution in [-0.4, -0.2) is 5.48 Å². The lowest BCUT2D eigenvalue weighted by molar-refractivity contribution is 0.824. The van der Waals surface area contributed by atoms with Crippen LogP contribution in [0.1, 0.15) is 7.43 Å². The van der Waals surface area contributed by atoms with Crippen LogP contribution < -0.4 is 6.15 Å². The molecule has 0 aliphatic carbocycles. The first kappa shape index (κ1) is 369. The van der Waals surface area contributed by atoms with E-state index in [0.29, 0.717) is 0 Å². The molecule has 0 radical (unpaired) electrons. The van der Waals surface area contributed by atoms with Crippen LogP contribution in [0.25, 0.3) is 0 Å². The molecule has 0 aromatic carbocycles. The van der Waals surface area contributed by atoms with Gasteiger partial charge in [-0.3, -0.25) is 0 Å². The second-order valence-electron chi connectivity index (χ2n) is 0. The van der Waals surface area contributed by atoms with Gasteiger partial charge in [0.05, 0.1) is 0 Å². The lowest BCUT2D eigenvalue weighted by Gasteiger charge is -0.412. The monoisotopic (exact) mass is 121 g/mol. The molecule has 0 heterocycles. The van der Waals surface area contributed by atoms with E-state index < -0.39 is 0 Å². The molecule has 0 spiro atoms. The summed E-state index contributed by atoms with van der Waals surface area (Å²) in [6.07, 6.45) is 0. The van der Waals surface area contributed by atoms with Crippen molar-refractivity contribution in [2.75, 3.05) is 0 Å². The first-order valence-electron chi connectivity index (χ1n) is 0. The third-order valence-corrected chi connectivity index (χ3v) is 0. The van der Waals surface area contributed by atoms with Gasteiger partial charge < -0.3 is 11.6 Å². The fraction of sp³-hybridized carbons (Fsp3) is 1.00. The number of halogens is 1. The van der Waals surface area contributed by atoms with E-state index >= 15 is 0 Å². The molecule has 0 saturated heterocycles. The standard InChI is InChI=1S/CH4.ClH.H3N.H2O.H2S/h1H4;1H;1H3;2*1H2. The summed E-state index contributed by atoms with van der Waals surface area (Å²) in [6, 6.07) is 0. The van der Waals surface area contributed by atoms with Gasteiger partial charge in [0.25, 0.3) is 0 Å². The maximum atomic E-state index is 0. The quantitative estimate of drug-likeness (QED) is 0.499. The van der Waals surface area contributed by atoms with Gasteiger partial charge in [-0.15, -0.1) is 12.4 Å². The van der Waals surface area contributed by atoms with Gasteiger partial charge in [0.1, 0.15) is 0 Å². The van der Waals surface area contributed by atoms with Crippen molar-refractivity contribution in [2.24, 2.45) is 0 Å². The van der Waals surface area contributed by atoms with Crippen LogP contribution in [0.4, 0.5) is 0 Å². The molecule has 4 heteroatoms. The molecule has 0 atom stereocenters. The van der Waals surface area contributed by atoms with Crippen molar-refractivity contribution in [3.63, 3.8) is 0 Å². The zero-order chi connectivity index (χ0) is 0. The summed E-state index contributed by atoms with van der Waals surface area (Å²) in [5, 5.41) is 0. The molecule has 0 fully saturated rings. The third kappa shape index (κ3) is 95.3. The van der Waals surface area contributed by atoms with Gasteiger partial charge in [0.2, 0.25) is 0 Å². The number of hydrogen-bond donors (Lipinski definition) is 1. The Bertz CT molecular complexity index is 11.6. The first-order chi connectivity index (χ1) is 0. The summed E-state index contributed by atoms with van der Waals surface area (Å²) < 4.78 is 0. The maximum absolute atomic E-state index is 0. The SMILES string of the molecule is C.Cl.N.O.S. The Morgan fingerprint density at radius 1 is 1.00 bits per heavy atom. The van der Waals surface area contributed by atoms with E-state index in [4.69, 9.17) is 0 Å². The normalized spacial score (nSPS) is 0. The minimum atomic E-state index is 0. The molecule has 0 aromatic heterocycles. The lowest BCUT2D eigenvalue weighted by atomic mass is 12.0. The van der Waals surface area contributed by atoms with Gasteiger partial charge in [-0.05, 0) is 0 Å². The third-order valence-electron chi connectivity index (χ3n) is 0. The van der Waals surface area contributed by atoms with Crippen molar-refractivity contribution in [1.82, 2.24) is 6.15 Å². The van der Waals surface area contributed by atoms with Crippen molar-refractivity contribution < 1.29 is 5.48 Å². The average Bonchev–Trinajstić information content (AvgIpc) is 0. The molecule has 0 aromatic rings. The van der Waals surface area contributed by atoms with Crippen molar-refractivity contribution in [3.8, 4) is 0 Å². The second kappa shape index (κ2) is 184. The Morgan fingerprint density at radius 2 is 1.00 bits per heavy atom. The molecular formula is CH12ClNOS. The highest BCUT2D eigenvalue weighted by molar-refractivity contribution is 7.59. The van der Waals surface area contributed by atoms with E-state index in [1.165, 1.54) is 0 Å². The Balaban J connectivity index is 0. The Kier molecular flexibility index (Phi) is 13600. The highest BCUT2D eigenvalue weighted by Gasteiger charge is -0.0775. The smallest absolute Gasteiger partial charge is 0.0776 e. The predicted octanol–water partition coefficient (Wildman–Crippen LogP) is 0.508. The maximum Gasteiger partial charge on any atom is -0.0776 e. The van der Waals surface area contributed by atoms with Gasteiger partial charge in [-0.25, -0.2) is 0 Å². The summed E-state index contributed by atoms with van der Waals surface area (Å²) in [5.41, 5.74) is 0. The molecule has 0 bridgehead atoms. The highest BCUT2D eigenvalue weighted by Crippen LogP contribution is 0.690. The van der Waals surface area contributed by atoms with Crippen molar-refractivity contribution >= 4 is 25.9 Å². The van der Waals surface area contributed by atoms with Gasteiger partial charge in [0.15, 0.2) is 0 Å². The van der Waals surface area contributed by atoms with Gasteiger partial charge in [-0.1, -0.05) is 7.43 Å². The Morgan fingerprint density at radius 3 is 1.00 bits per heavy atom. The summed E-state index contributed by atoms with van der Waals surface area (Å²) in [7, 11) is 0. The topological polar surface area (TPSA) is 66.5 Å². The van der Waals surface area contributed by atoms with Gasteiger partial charge in [-0.2, -0.15) is 13.5 Å². The summed E-state index contributed by atoms with van der Waals surface area (Å²) in [6.45, 7) is 0. The molecule has 0 rings (SSSR count). The van der Waals surface area contributed by atoms with Crippen LogP contribution in [0.15, 0.2) is 0 Å². The predicted molar refractivity (Wildman–Crippen MR) is 33.0 cm³/mol. The van der Waals surface area contributed by atoms with Crippen molar-refractivity contribution in [1.29, 1.82) is 0 Å². The van der Waals surface area contributed by atoms with Crippen LogP contribution >= 0.6 is 25.9 Å². The Labute approximate surface area is 45.7 Å². The number of hydrogen-bond acceptors (Lipinski definition) is 1. The van der Waals surface area contributed by atoms with Crippen LogP contribution in [0.5, 0.6) is 0 Å². The minimum absolute atomic E-state index is 0. The summed E-state index contributed by atoms with van der Waals surface area (Å²) >= 11 is 0. The Hall–Kier alpha value is 0.560. The molecule has 0 saturated carbocycles. The summed E-state index contributed by atoms with van der Waals surface area (Å²) in [4.78, 5) is 0. The molecule has 0 amide bonds. The fourth-order valence-corrected chi connectivity index (χ4v) is 0. The van der Waals surface area contributed by atoms with Crippen LogP contribution in [0, 0.1) is 0 Å². The van der Waals surface area contributed by atoms with Crippen LogP contribution in [-0.2, 0) is 0 Å². The zero-order valence-electron chi connectivity index (χ0n) is 2.12. The van der Waals surface area contributed by atoms with E-state index in [1.54, 1.807) is 0 Å². The molecule has 40 valence electrons. The molecule has 0 unspecified atom stereocenters. The first-order valence-corrected chi connectivity index (χ1v) is 0. The highest BCUT2D eigenvalue weighted by atomic mass is 35.5. The van der Waals surface area contributed by atoms with E-state index in [2.05, 4.69) is 0 Å². The van der Waals surface area contributed by atoms with E-state index in [-0.39, 0.29) is 45.0 Å². The molecule has 0 aliphatic heterocycles. The molecule has 5 N–H and O–H groups in total. The fourth-order valence-electron chi connectivity index (χ4n) is 0. The van der Waals surface area contributed by atoms with Crippen molar-refractivity contribution in [3.05, 3.63) is 0 Å². The van der Waals surface area contributed by atoms with Crippen molar-refractivity contribution in [2.45, 2.75) is 7.43 Å². The zero-order valence-corrected chi connectivity index (χ0v) is 3.93. The largest absolute Gasteiger partial charge is 0.412 e. The van der Waals surface area contributed by atoms with E-state index in [1.807, 2.05) is 0 Å². The minimum Gasteiger partial charge on any atom is -0.412 e. The van der Waals surface area contributed by atoms with E-state index in [9.17, 15) is 0 Å². The van der Waals surface area contributed by atoms with Gasteiger partial charge >= 0.3 is 0 Å². The number of rotatable bonds is 0. The second-order valence-corrected chi connectivity index (χ2v) is 0.